The Morgan fingerprint density at radius 1 is 1.26 bits per heavy atom. The van der Waals surface area contributed by atoms with Crippen molar-refractivity contribution in [2.75, 3.05) is 25.0 Å². The van der Waals surface area contributed by atoms with Gasteiger partial charge in [0.15, 0.2) is 0 Å². The average molecular weight is 438 g/mol. The Morgan fingerprint density at radius 3 is 2.68 bits per heavy atom. The number of hydrogen-bond acceptors (Lipinski definition) is 5. The zero-order chi connectivity index (χ0) is 22.5. The molecule has 11 heteroatoms. The highest BCUT2D eigenvalue weighted by Crippen LogP contribution is 2.22. The number of likely N-dealkylation sites (tertiary alicyclic amines) is 1. The zero-order valence-electron chi connectivity index (χ0n) is 16.3. The number of primary amides is 1. The molecule has 0 saturated carbocycles. The average Bonchev–Trinajstić information content (AvgIpc) is 3.11. The molecule has 1 aliphatic heterocycles. The Hall–Kier alpha value is -3.18. The molecule has 1 aliphatic rings. The van der Waals surface area contributed by atoms with E-state index in [0.29, 0.717) is 0 Å². The summed E-state index contributed by atoms with van der Waals surface area (Å²) < 4.78 is 45.4. The number of pyridine rings is 1. The van der Waals surface area contributed by atoms with Crippen LogP contribution in [0.4, 0.5) is 18.9 Å². The minimum atomic E-state index is -2.65. The lowest BCUT2D eigenvalue weighted by atomic mass is 10.2. The van der Waals surface area contributed by atoms with Crippen LogP contribution in [0.3, 0.4) is 0 Å². The van der Waals surface area contributed by atoms with Gasteiger partial charge in [0.2, 0.25) is 11.8 Å². The van der Waals surface area contributed by atoms with E-state index in [1.54, 1.807) is 12.1 Å². The van der Waals surface area contributed by atoms with E-state index < -0.39 is 42.8 Å². The third-order valence-corrected chi connectivity index (χ3v) is 4.83. The molecule has 1 aromatic heterocycles. The lowest BCUT2D eigenvalue weighted by Gasteiger charge is -2.21. The quantitative estimate of drug-likeness (QED) is 0.643. The van der Waals surface area contributed by atoms with Crippen LogP contribution in [0.1, 0.15) is 6.42 Å². The number of nitrogens with zero attached hydrogens (tertiary/aromatic N) is 2. The number of carbonyl (C=O) groups excluding carboxylic acids is 2. The molecule has 0 bridgehead atoms. The van der Waals surface area contributed by atoms with Gasteiger partial charge in [0.1, 0.15) is 12.4 Å². The van der Waals surface area contributed by atoms with Crippen LogP contribution in [0.2, 0.25) is 0 Å². The first-order valence-corrected chi connectivity index (χ1v) is 9.45. The minimum Gasteiger partial charge on any atom is -0.371 e. The second-order valence-corrected chi connectivity index (χ2v) is 7.05. The maximum absolute atomic E-state index is 14.5. The SMILES string of the molecule is NC(=O)C1C[C@H](OCC(F)F)CN1CC(=O)Nc1ccc(-n2ccccc2=O)cc1F. The van der Waals surface area contributed by atoms with Crippen molar-refractivity contribution < 1.29 is 27.5 Å². The summed E-state index contributed by atoms with van der Waals surface area (Å²) in [7, 11) is 0. The molecule has 2 heterocycles. The number of rotatable bonds is 8. The molecular weight excluding hydrogens is 417 g/mol. The molecule has 1 saturated heterocycles. The van der Waals surface area contributed by atoms with E-state index >= 15 is 0 Å². The highest BCUT2D eigenvalue weighted by Gasteiger charge is 2.37. The fraction of sp³-hybridized carbons (Fsp3) is 0.350. The highest BCUT2D eigenvalue weighted by molar-refractivity contribution is 5.93. The van der Waals surface area contributed by atoms with E-state index in [1.165, 1.54) is 33.9 Å². The number of carbonyl (C=O) groups is 2. The van der Waals surface area contributed by atoms with Crippen LogP contribution in [0.5, 0.6) is 0 Å². The summed E-state index contributed by atoms with van der Waals surface area (Å²) in [6.45, 7) is -1.02. The second-order valence-electron chi connectivity index (χ2n) is 7.05. The molecule has 1 fully saturated rings. The largest absolute Gasteiger partial charge is 0.371 e. The first-order valence-electron chi connectivity index (χ1n) is 9.45. The minimum absolute atomic E-state index is 0.0616. The Labute approximate surface area is 175 Å². The summed E-state index contributed by atoms with van der Waals surface area (Å²) >= 11 is 0. The van der Waals surface area contributed by atoms with Gasteiger partial charge in [-0.2, -0.15) is 0 Å². The Morgan fingerprint density at radius 2 is 2.03 bits per heavy atom. The molecule has 2 atom stereocenters. The first kappa shape index (κ1) is 22.5. The number of anilines is 1. The van der Waals surface area contributed by atoms with Crippen molar-refractivity contribution in [2.45, 2.75) is 25.0 Å². The van der Waals surface area contributed by atoms with Crippen LogP contribution in [0, 0.1) is 5.82 Å². The number of nitrogens with two attached hydrogens (primary N) is 1. The number of hydrogen-bond donors (Lipinski definition) is 2. The first-order chi connectivity index (χ1) is 14.7. The van der Waals surface area contributed by atoms with Gasteiger partial charge >= 0.3 is 0 Å². The number of nitrogens with one attached hydrogen (secondary N) is 1. The van der Waals surface area contributed by atoms with Gasteiger partial charge in [-0.1, -0.05) is 6.07 Å². The van der Waals surface area contributed by atoms with Gasteiger partial charge in [-0.15, -0.1) is 0 Å². The maximum Gasteiger partial charge on any atom is 0.261 e. The van der Waals surface area contributed by atoms with E-state index in [-0.39, 0.29) is 36.4 Å². The van der Waals surface area contributed by atoms with Gasteiger partial charge in [-0.25, -0.2) is 13.2 Å². The van der Waals surface area contributed by atoms with Crippen molar-refractivity contribution in [1.29, 1.82) is 0 Å². The molecule has 0 aliphatic carbocycles. The number of aromatic nitrogens is 1. The Kier molecular flexibility index (Phi) is 7.08. The predicted molar refractivity (Wildman–Crippen MR) is 106 cm³/mol. The van der Waals surface area contributed by atoms with Gasteiger partial charge < -0.3 is 15.8 Å². The number of halogens is 3. The molecule has 166 valence electrons. The summed E-state index contributed by atoms with van der Waals surface area (Å²) in [5.41, 5.74) is 5.17. The van der Waals surface area contributed by atoms with Gasteiger partial charge in [0.05, 0.1) is 30.1 Å². The standard InChI is InChI=1S/C20H21F3N4O4/c21-14-7-12(27-6-2-1-3-19(27)29)4-5-15(14)25-18(28)10-26-9-13(31-11-17(22)23)8-16(26)20(24)30/h1-7,13,16-17H,8-11H2,(H2,24,30)(H,25,28)/t13-,16?/m0/s1. The van der Waals surface area contributed by atoms with E-state index in [9.17, 15) is 27.6 Å². The van der Waals surface area contributed by atoms with Crippen LogP contribution in [-0.2, 0) is 14.3 Å². The molecule has 2 aromatic rings. The molecule has 0 radical (unpaired) electrons. The van der Waals surface area contributed by atoms with Gasteiger partial charge in [-0.05, 0) is 24.6 Å². The number of benzene rings is 1. The van der Waals surface area contributed by atoms with Crippen molar-refractivity contribution in [1.82, 2.24) is 9.47 Å². The third-order valence-electron chi connectivity index (χ3n) is 4.83. The number of ether oxygens (including phenoxy) is 1. The molecule has 8 nitrogen and oxygen atoms in total. The summed E-state index contributed by atoms with van der Waals surface area (Å²) in [5, 5.41) is 2.40. The zero-order valence-corrected chi connectivity index (χ0v) is 16.3. The molecule has 3 N–H and O–H groups in total. The lowest BCUT2D eigenvalue weighted by molar-refractivity contribution is -0.123. The molecule has 2 amide bonds. The smallest absolute Gasteiger partial charge is 0.261 e. The van der Waals surface area contributed by atoms with E-state index in [4.69, 9.17) is 10.5 Å². The monoisotopic (exact) mass is 438 g/mol. The van der Waals surface area contributed by atoms with Gasteiger partial charge in [0, 0.05) is 24.9 Å². The van der Waals surface area contributed by atoms with Gasteiger partial charge in [0.25, 0.3) is 12.0 Å². The topological polar surface area (TPSA) is 107 Å². The summed E-state index contributed by atoms with van der Waals surface area (Å²) in [6, 6.07) is 7.54. The van der Waals surface area contributed by atoms with Crippen molar-refractivity contribution in [3.63, 3.8) is 0 Å². The highest BCUT2D eigenvalue weighted by atomic mass is 19.3. The van der Waals surface area contributed by atoms with Crippen LogP contribution >= 0.6 is 0 Å². The van der Waals surface area contributed by atoms with Crippen molar-refractivity contribution >= 4 is 17.5 Å². The Balaban J connectivity index is 1.65. The molecule has 1 aromatic carbocycles. The third kappa shape index (κ3) is 5.70. The van der Waals surface area contributed by atoms with E-state index in [1.807, 2.05) is 0 Å². The molecule has 1 unspecified atom stereocenters. The fourth-order valence-electron chi connectivity index (χ4n) is 3.43. The summed E-state index contributed by atoms with van der Waals surface area (Å²) in [5.74, 6) is -2.09. The molecular formula is C20H21F3N4O4. The maximum atomic E-state index is 14.5. The second kappa shape index (κ2) is 9.75. The molecule has 31 heavy (non-hydrogen) atoms. The van der Waals surface area contributed by atoms with Crippen LogP contribution in [-0.4, -0.2) is 59.5 Å². The van der Waals surface area contributed by atoms with Crippen molar-refractivity contribution in [3.05, 3.63) is 58.8 Å². The summed E-state index contributed by atoms with van der Waals surface area (Å²) in [6.07, 6.45) is -1.75. The van der Waals surface area contributed by atoms with Crippen LogP contribution < -0.4 is 16.6 Å². The number of alkyl halides is 2. The normalized spacial score (nSPS) is 19.0. The predicted octanol–water partition coefficient (Wildman–Crippen LogP) is 1.12. The van der Waals surface area contributed by atoms with E-state index in [0.717, 1.165) is 6.07 Å². The van der Waals surface area contributed by atoms with E-state index in [2.05, 4.69) is 5.32 Å². The molecule has 3 rings (SSSR count). The van der Waals surface area contributed by atoms with Crippen molar-refractivity contribution in [2.24, 2.45) is 5.73 Å². The van der Waals surface area contributed by atoms with Crippen LogP contribution in [0.25, 0.3) is 5.69 Å². The molecule has 0 spiro atoms. The summed E-state index contributed by atoms with van der Waals surface area (Å²) in [4.78, 5) is 37.3. The van der Waals surface area contributed by atoms with Crippen molar-refractivity contribution in [3.8, 4) is 5.69 Å². The number of amides is 2. The fourth-order valence-corrected chi connectivity index (χ4v) is 3.43. The lowest BCUT2D eigenvalue weighted by Crippen LogP contribution is -2.44. The van der Waals surface area contributed by atoms with Crippen LogP contribution in [0.15, 0.2) is 47.4 Å². The van der Waals surface area contributed by atoms with Gasteiger partial charge in [-0.3, -0.25) is 23.9 Å². The Bertz CT molecular complexity index is 1010.